The number of nitrogens with two attached hydrogens (primary N) is 1. The smallest absolute Gasteiger partial charge is 0.141 e. The van der Waals surface area contributed by atoms with Crippen molar-refractivity contribution in [3.8, 4) is 11.4 Å². The van der Waals surface area contributed by atoms with Crippen LogP contribution in [0.25, 0.3) is 11.4 Å². The summed E-state index contributed by atoms with van der Waals surface area (Å²) in [5.41, 5.74) is 8.15. The van der Waals surface area contributed by atoms with Crippen LogP contribution in [0.3, 0.4) is 0 Å². The first-order valence-corrected chi connectivity index (χ1v) is 6.19. The van der Waals surface area contributed by atoms with Crippen molar-refractivity contribution in [2.24, 2.45) is 0 Å². The second-order valence-electron chi connectivity index (χ2n) is 4.51. The zero-order valence-corrected chi connectivity index (χ0v) is 10.7. The largest absolute Gasteiger partial charge is 0.399 e. The van der Waals surface area contributed by atoms with E-state index in [1.54, 1.807) is 12.4 Å². The molecule has 100 valence electrons. The minimum atomic E-state index is -0.336. The average molecular weight is 268 g/mol. The first-order valence-electron chi connectivity index (χ1n) is 6.19. The number of aromatic nitrogens is 3. The Bertz CT molecular complexity index is 719. The number of rotatable bonds is 3. The molecule has 0 atom stereocenters. The van der Waals surface area contributed by atoms with Crippen molar-refractivity contribution in [3.05, 3.63) is 66.5 Å². The molecule has 3 aromatic rings. The van der Waals surface area contributed by atoms with E-state index in [9.17, 15) is 4.39 Å². The van der Waals surface area contributed by atoms with Gasteiger partial charge < -0.3 is 10.3 Å². The summed E-state index contributed by atoms with van der Waals surface area (Å²) in [5.74, 6) is 0.478. The third-order valence-electron chi connectivity index (χ3n) is 3.00. The Kier molecular flexibility index (Phi) is 3.16. The fourth-order valence-corrected chi connectivity index (χ4v) is 2.07. The van der Waals surface area contributed by atoms with Gasteiger partial charge in [0, 0.05) is 29.8 Å². The standard InChI is InChI=1S/C15H13FN4/c16-13-7-11(8-18-9-13)10-20-6-5-19-15(20)12-1-3-14(17)4-2-12/h1-9H,10,17H2. The molecule has 5 heteroatoms. The van der Waals surface area contributed by atoms with Crippen LogP contribution in [0.2, 0.25) is 0 Å². The number of imidazole rings is 1. The van der Waals surface area contributed by atoms with Gasteiger partial charge in [-0.15, -0.1) is 0 Å². The summed E-state index contributed by atoms with van der Waals surface area (Å²) in [4.78, 5) is 8.20. The van der Waals surface area contributed by atoms with Crippen LogP contribution < -0.4 is 5.73 Å². The van der Waals surface area contributed by atoms with Crippen molar-refractivity contribution in [3.63, 3.8) is 0 Å². The third kappa shape index (κ3) is 2.51. The maximum Gasteiger partial charge on any atom is 0.141 e. The van der Waals surface area contributed by atoms with Crippen molar-refractivity contribution in [2.75, 3.05) is 5.73 Å². The van der Waals surface area contributed by atoms with Crippen LogP contribution >= 0.6 is 0 Å². The number of anilines is 1. The number of hydrogen-bond donors (Lipinski definition) is 1. The van der Waals surface area contributed by atoms with Crippen LogP contribution in [-0.2, 0) is 6.54 Å². The van der Waals surface area contributed by atoms with Crippen molar-refractivity contribution < 1.29 is 4.39 Å². The Morgan fingerprint density at radius 2 is 1.95 bits per heavy atom. The summed E-state index contributed by atoms with van der Waals surface area (Å²) in [7, 11) is 0. The molecule has 3 rings (SSSR count). The van der Waals surface area contributed by atoms with Crippen LogP contribution in [0.5, 0.6) is 0 Å². The lowest BCUT2D eigenvalue weighted by Gasteiger charge is -2.08. The summed E-state index contributed by atoms with van der Waals surface area (Å²) in [6, 6.07) is 8.96. The van der Waals surface area contributed by atoms with Gasteiger partial charge in [0.15, 0.2) is 0 Å². The number of nitrogens with zero attached hydrogens (tertiary/aromatic N) is 3. The molecule has 0 aliphatic heterocycles. The van der Waals surface area contributed by atoms with Gasteiger partial charge in [-0.3, -0.25) is 4.98 Å². The van der Waals surface area contributed by atoms with Crippen molar-refractivity contribution in [1.29, 1.82) is 0 Å². The molecule has 2 N–H and O–H groups in total. The number of hydrogen-bond acceptors (Lipinski definition) is 3. The van der Waals surface area contributed by atoms with Gasteiger partial charge >= 0.3 is 0 Å². The maximum atomic E-state index is 13.2. The molecule has 0 amide bonds. The topological polar surface area (TPSA) is 56.7 Å². The van der Waals surface area contributed by atoms with Gasteiger partial charge in [0.2, 0.25) is 0 Å². The van der Waals surface area contributed by atoms with Crippen LogP contribution in [-0.4, -0.2) is 14.5 Å². The molecule has 0 bridgehead atoms. The van der Waals surface area contributed by atoms with Crippen molar-refractivity contribution >= 4 is 5.69 Å². The monoisotopic (exact) mass is 268 g/mol. The lowest BCUT2D eigenvalue weighted by atomic mass is 10.2. The van der Waals surface area contributed by atoms with E-state index >= 15 is 0 Å². The van der Waals surface area contributed by atoms with E-state index in [1.165, 1.54) is 12.3 Å². The molecule has 0 saturated carbocycles. The molecule has 0 spiro atoms. The Labute approximate surface area is 115 Å². The molecule has 0 fully saturated rings. The molecule has 0 aliphatic carbocycles. The Hall–Kier alpha value is -2.69. The van der Waals surface area contributed by atoms with Gasteiger partial charge in [0.25, 0.3) is 0 Å². The zero-order chi connectivity index (χ0) is 13.9. The van der Waals surface area contributed by atoms with Crippen LogP contribution in [0.15, 0.2) is 55.1 Å². The highest BCUT2D eigenvalue weighted by molar-refractivity contribution is 5.59. The molecule has 1 aromatic carbocycles. The van der Waals surface area contributed by atoms with E-state index in [4.69, 9.17) is 5.73 Å². The van der Waals surface area contributed by atoms with Gasteiger partial charge in [-0.1, -0.05) is 0 Å². The highest BCUT2D eigenvalue weighted by Gasteiger charge is 2.07. The van der Waals surface area contributed by atoms with Gasteiger partial charge in [-0.05, 0) is 35.9 Å². The quantitative estimate of drug-likeness (QED) is 0.743. The number of pyridine rings is 1. The second kappa shape index (κ2) is 5.13. The Morgan fingerprint density at radius 1 is 1.15 bits per heavy atom. The molecular formula is C15H13FN4. The van der Waals surface area contributed by atoms with E-state index in [1.807, 2.05) is 35.0 Å². The minimum absolute atomic E-state index is 0.336. The molecule has 4 nitrogen and oxygen atoms in total. The van der Waals surface area contributed by atoms with Crippen LogP contribution in [0, 0.1) is 5.82 Å². The average Bonchev–Trinajstić information content (AvgIpc) is 2.88. The zero-order valence-electron chi connectivity index (χ0n) is 10.7. The normalized spacial score (nSPS) is 10.7. The molecule has 0 aliphatic rings. The number of nitrogen functional groups attached to an aromatic ring is 1. The van der Waals surface area contributed by atoms with E-state index in [0.29, 0.717) is 12.2 Å². The molecule has 2 heterocycles. The summed E-state index contributed by atoms with van der Waals surface area (Å²) in [6.45, 7) is 0.518. The summed E-state index contributed by atoms with van der Waals surface area (Å²) in [6.07, 6.45) is 6.42. The fraction of sp³-hybridized carbons (Fsp3) is 0.0667. The van der Waals surface area contributed by atoms with Crippen LogP contribution in [0.4, 0.5) is 10.1 Å². The summed E-state index contributed by atoms with van der Waals surface area (Å²) < 4.78 is 15.1. The number of benzene rings is 1. The SMILES string of the molecule is Nc1ccc(-c2nccn2Cc2cncc(F)c2)cc1. The lowest BCUT2D eigenvalue weighted by molar-refractivity contribution is 0.616. The minimum Gasteiger partial charge on any atom is -0.399 e. The van der Waals surface area contributed by atoms with E-state index < -0.39 is 0 Å². The maximum absolute atomic E-state index is 13.2. The molecule has 0 radical (unpaired) electrons. The van der Waals surface area contributed by atoms with E-state index in [0.717, 1.165) is 17.0 Å². The van der Waals surface area contributed by atoms with Crippen molar-refractivity contribution in [2.45, 2.75) is 6.54 Å². The summed E-state index contributed by atoms with van der Waals surface area (Å²) >= 11 is 0. The highest BCUT2D eigenvalue weighted by atomic mass is 19.1. The molecule has 2 aromatic heterocycles. The molecular weight excluding hydrogens is 255 g/mol. The second-order valence-corrected chi connectivity index (χ2v) is 4.51. The van der Waals surface area contributed by atoms with Crippen LogP contribution in [0.1, 0.15) is 5.56 Å². The molecule has 0 unspecified atom stereocenters. The number of halogens is 1. The lowest BCUT2D eigenvalue weighted by Crippen LogP contribution is -2.02. The van der Waals surface area contributed by atoms with Crippen molar-refractivity contribution in [1.82, 2.24) is 14.5 Å². The summed E-state index contributed by atoms with van der Waals surface area (Å²) in [5, 5.41) is 0. The predicted molar refractivity (Wildman–Crippen MR) is 75.4 cm³/mol. The molecule has 0 saturated heterocycles. The highest BCUT2D eigenvalue weighted by Crippen LogP contribution is 2.19. The first kappa shape index (κ1) is 12.3. The van der Waals surface area contributed by atoms with Gasteiger partial charge in [-0.25, -0.2) is 9.37 Å². The van der Waals surface area contributed by atoms with E-state index in [2.05, 4.69) is 9.97 Å². The third-order valence-corrected chi connectivity index (χ3v) is 3.00. The first-order chi connectivity index (χ1) is 9.72. The van der Waals surface area contributed by atoms with Gasteiger partial charge in [0.05, 0.1) is 12.7 Å². The fourth-order valence-electron chi connectivity index (χ4n) is 2.07. The predicted octanol–water partition coefficient (Wildman–Crippen LogP) is 2.71. The van der Waals surface area contributed by atoms with Gasteiger partial charge in [0.1, 0.15) is 11.6 Å². The Morgan fingerprint density at radius 3 is 2.70 bits per heavy atom. The molecule has 20 heavy (non-hydrogen) atoms. The Balaban J connectivity index is 1.92. The van der Waals surface area contributed by atoms with E-state index in [-0.39, 0.29) is 5.82 Å². The van der Waals surface area contributed by atoms with Gasteiger partial charge in [-0.2, -0.15) is 0 Å².